The highest BCUT2D eigenvalue weighted by atomic mass is 35.5. The van der Waals surface area contributed by atoms with Crippen molar-refractivity contribution in [1.82, 2.24) is 5.43 Å². The number of hydrogen-bond acceptors (Lipinski definition) is 3. The number of fused-ring (bicyclic) bond motifs is 1. The van der Waals surface area contributed by atoms with Gasteiger partial charge in [0.05, 0.1) is 6.21 Å². The molecule has 0 aliphatic carbocycles. The zero-order valence-electron chi connectivity index (χ0n) is 14.6. The molecular formula is C21H19ClN2O2. The first-order valence-electron chi connectivity index (χ1n) is 8.23. The molecule has 0 fully saturated rings. The van der Waals surface area contributed by atoms with Gasteiger partial charge in [0.1, 0.15) is 5.75 Å². The third kappa shape index (κ3) is 4.41. The van der Waals surface area contributed by atoms with Crippen LogP contribution in [0.5, 0.6) is 5.75 Å². The van der Waals surface area contributed by atoms with E-state index in [-0.39, 0.29) is 12.5 Å². The molecule has 26 heavy (non-hydrogen) atoms. The van der Waals surface area contributed by atoms with Gasteiger partial charge in [-0.15, -0.1) is 0 Å². The fraction of sp³-hybridized carbons (Fsp3) is 0.143. The van der Waals surface area contributed by atoms with E-state index in [2.05, 4.69) is 16.6 Å². The lowest BCUT2D eigenvalue weighted by molar-refractivity contribution is -0.123. The summed E-state index contributed by atoms with van der Waals surface area (Å²) in [6.45, 7) is 3.68. The topological polar surface area (TPSA) is 50.7 Å². The Morgan fingerprint density at radius 2 is 1.77 bits per heavy atom. The van der Waals surface area contributed by atoms with E-state index in [0.717, 1.165) is 27.5 Å². The van der Waals surface area contributed by atoms with E-state index in [1.54, 1.807) is 18.3 Å². The van der Waals surface area contributed by atoms with E-state index in [1.165, 1.54) is 0 Å². The highest BCUT2D eigenvalue weighted by molar-refractivity contribution is 6.32. The number of ether oxygens (including phenoxy) is 1. The van der Waals surface area contributed by atoms with Gasteiger partial charge in [0.15, 0.2) is 6.61 Å². The molecule has 0 aliphatic heterocycles. The molecule has 0 unspecified atom stereocenters. The summed E-state index contributed by atoms with van der Waals surface area (Å²) < 4.78 is 5.50. The van der Waals surface area contributed by atoms with Gasteiger partial charge in [-0.05, 0) is 59.5 Å². The molecule has 3 rings (SSSR count). The molecule has 5 heteroatoms. The maximum atomic E-state index is 11.9. The molecule has 0 heterocycles. The predicted molar refractivity (Wildman–Crippen MR) is 106 cm³/mol. The Bertz CT molecular complexity index is 960. The van der Waals surface area contributed by atoms with Crippen LogP contribution in [0.25, 0.3) is 10.8 Å². The maximum absolute atomic E-state index is 11.9. The fourth-order valence-corrected chi connectivity index (χ4v) is 2.75. The molecule has 0 saturated carbocycles. The first kappa shape index (κ1) is 18.0. The number of nitrogens with zero attached hydrogens (tertiary/aromatic N) is 1. The smallest absolute Gasteiger partial charge is 0.277 e. The molecule has 3 aromatic rings. The number of hydrogen-bond donors (Lipinski definition) is 1. The van der Waals surface area contributed by atoms with Gasteiger partial charge >= 0.3 is 0 Å². The van der Waals surface area contributed by atoms with Crippen LogP contribution in [0, 0.1) is 13.8 Å². The average molecular weight is 367 g/mol. The SMILES string of the molecule is Cc1cc(OCC(=O)NN=Cc2ccc3ccccc3c2)cc(C)c1Cl. The van der Waals surface area contributed by atoms with Crippen LogP contribution in [0.4, 0.5) is 0 Å². The van der Waals surface area contributed by atoms with Gasteiger partial charge in [0.25, 0.3) is 5.91 Å². The second-order valence-corrected chi connectivity index (χ2v) is 6.44. The summed E-state index contributed by atoms with van der Waals surface area (Å²) in [4.78, 5) is 11.9. The second kappa shape index (κ2) is 8.02. The molecule has 0 aliphatic rings. The number of amides is 1. The van der Waals surface area contributed by atoms with E-state index in [1.807, 2.05) is 50.2 Å². The van der Waals surface area contributed by atoms with Gasteiger partial charge in [0.2, 0.25) is 0 Å². The Kier molecular flexibility index (Phi) is 5.54. The number of nitrogens with one attached hydrogen (secondary N) is 1. The lowest BCUT2D eigenvalue weighted by Gasteiger charge is -2.09. The van der Waals surface area contributed by atoms with Gasteiger partial charge in [0, 0.05) is 5.02 Å². The lowest BCUT2D eigenvalue weighted by atomic mass is 10.1. The third-order valence-electron chi connectivity index (χ3n) is 3.96. The number of carbonyl (C=O) groups excluding carboxylic acids is 1. The first-order chi connectivity index (χ1) is 12.5. The third-order valence-corrected chi connectivity index (χ3v) is 4.55. The summed E-state index contributed by atoms with van der Waals surface area (Å²) >= 11 is 6.12. The van der Waals surface area contributed by atoms with Crippen molar-refractivity contribution in [2.24, 2.45) is 5.10 Å². The van der Waals surface area contributed by atoms with E-state index in [4.69, 9.17) is 16.3 Å². The summed E-state index contributed by atoms with van der Waals surface area (Å²) in [5.41, 5.74) is 5.21. The summed E-state index contributed by atoms with van der Waals surface area (Å²) in [5.74, 6) is 0.283. The maximum Gasteiger partial charge on any atom is 0.277 e. The molecule has 0 atom stereocenters. The molecule has 0 saturated heterocycles. The number of benzene rings is 3. The van der Waals surface area contributed by atoms with Gasteiger partial charge in [-0.3, -0.25) is 4.79 Å². The Labute approximate surface area is 157 Å². The van der Waals surface area contributed by atoms with E-state index in [9.17, 15) is 4.79 Å². The molecule has 0 bridgehead atoms. The molecule has 0 radical (unpaired) electrons. The van der Waals surface area contributed by atoms with Crippen LogP contribution in [-0.4, -0.2) is 18.7 Å². The van der Waals surface area contributed by atoms with Crippen molar-refractivity contribution < 1.29 is 9.53 Å². The molecule has 3 aromatic carbocycles. The zero-order valence-corrected chi connectivity index (χ0v) is 15.4. The van der Waals surface area contributed by atoms with Gasteiger partial charge in [-0.2, -0.15) is 5.10 Å². The van der Waals surface area contributed by atoms with Gasteiger partial charge in [-0.25, -0.2) is 5.43 Å². The summed E-state index contributed by atoms with van der Waals surface area (Å²) in [6.07, 6.45) is 1.61. The molecule has 0 aromatic heterocycles. The molecule has 132 valence electrons. The average Bonchev–Trinajstić information content (AvgIpc) is 2.64. The monoisotopic (exact) mass is 366 g/mol. The molecular weight excluding hydrogens is 348 g/mol. The molecule has 1 amide bonds. The summed E-state index contributed by atoms with van der Waals surface area (Å²) in [6, 6.07) is 17.7. The highest BCUT2D eigenvalue weighted by Crippen LogP contribution is 2.25. The minimum Gasteiger partial charge on any atom is -0.484 e. The van der Waals surface area contributed by atoms with Crippen molar-refractivity contribution >= 4 is 34.5 Å². The van der Waals surface area contributed by atoms with Crippen LogP contribution in [-0.2, 0) is 4.79 Å². The number of hydrazone groups is 1. The lowest BCUT2D eigenvalue weighted by Crippen LogP contribution is -2.24. The van der Waals surface area contributed by atoms with Crippen molar-refractivity contribution in [3.63, 3.8) is 0 Å². The van der Waals surface area contributed by atoms with Gasteiger partial charge in [-0.1, -0.05) is 48.0 Å². The zero-order chi connectivity index (χ0) is 18.5. The van der Waals surface area contributed by atoms with Gasteiger partial charge < -0.3 is 4.74 Å². The number of halogens is 1. The fourth-order valence-electron chi connectivity index (χ4n) is 2.64. The van der Waals surface area contributed by atoms with Crippen molar-refractivity contribution in [1.29, 1.82) is 0 Å². The Morgan fingerprint density at radius 1 is 1.08 bits per heavy atom. The Balaban J connectivity index is 1.55. The number of carbonyl (C=O) groups is 1. The molecule has 0 spiro atoms. The van der Waals surface area contributed by atoms with Crippen LogP contribution in [0.15, 0.2) is 59.7 Å². The van der Waals surface area contributed by atoms with E-state index < -0.39 is 0 Å². The Hall–Kier alpha value is -2.85. The Morgan fingerprint density at radius 3 is 2.50 bits per heavy atom. The van der Waals surface area contributed by atoms with Crippen LogP contribution in [0.1, 0.15) is 16.7 Å². The first-order valence-corrected chi connectivity index (χ1v) is 8.61. The van der Waals surface area contributed by atoms with E-state index in [0.29, 0.717) is 10.8 Å². The number of aryl methyl sites for hydroxylation is 2. The largest absolute Gasteiger partial charge is 0.484 e. The quantitative estimate of drug-likeness (QED) is 0.528. The molecule has 4 nitrogen and oxygen atoms in total. The predicted octanol–water partition coefficient (Wildman–Crippen LogP) is 4.64. The van der Waals surface area contributed by atoms with Crippen LogP contribution in [0.3, 0.4) is 0 Å². The molecule has 1 N–H and O–H groups in total. The normalized spacial score (nSPS) is 11.0. The van der Waals surface area contributed by atoms with Crippen LogP contribution in [0.2, 0.25) is 5.02 Å². The van der Waals surface area contributed by atoms with Crippen molar-refractivity contribution in [3.8, 4) is 5.75 Å². The van der Waals surface area contributed by atoms with E-state index >= 15 is 0 Å². The summed E-state index contributed by atoms with van der Waals surface area (Å²) in [5, 5.41) is 6.98. The van der Waals surface area contributed by atoms with Crippen molar-refractivity contribution in [2.45, 2.75) is 13.8 Å². The second-order valence-electron chi connectivity index (χ2n) is 6.06. The standard InChI is InChI=1S/C21H19ClN2O2/c1-14-9-19(10-15(2)21(14)22)26-13-20(25)24-23-12-16-7-8-17-5-3-4-6-18(17)11-16/h3-12H,13H2,1-2H3,(H,24,25). The van der Waals surface area contributed by atoms with Crippen molar-refractivity contribution in [3.05, 3.63) is 76.3 Å². The summed E-state index contributed by atoms with van der Waals surface area (Å²) in [7, 11) is 0. The van der Waals surface area contributed by atoms with Crippen molar-refractivity contribution in [2.75, 3.05) is 6.61 Å². The minimum absolute atomic E-state index is 0.116. The number of rotatable bonds is 5. The highest BCUT2D eigenvalue weighted by Gasteiger charge is 2.06. The van der Waals surface area contributed by atoms with Crippen LogP contribution < -0.4 is 10.2 Å². The van der Waals surface area contributed by atoms with Crippen LogP contribution >= 0.6 is 11.6 Å². The minimum atomic E-state index is -0.327.